The van der Waals surface area contributed by atoms with Gasteiger partial charge in [-0.1, -0.05) is 17.7 Å². The fraction of sp³-hybridized carbons (Fsp3) is 0.600. The van der Waals surface area contributed by atoms with Crippen LogP contribution in [0.15, 0.2) is 18.3 Å². The number of pyridine rings is 1. The number of hydrogen-bond donors (Lipinski definition) is 0. The number of amides is 1. The van der Waals surface area contributed by atoms with Gasteiger partial charge in [0, 0.05) is 32.3 Å². The molecule has 20 heavy (non-hydrogen) atoms. The molecule has 3 heterocycles. The molecule has 1 aromatic heterocycles. The van der Waals surface area contributed by atoms with Crippen LogP contribution in [0.1, 0.15) is 37.7 Å². The third-order valence-corrected chi connectivity index (χ3v) is 4.56. The second-order valence-corrected chi connectivity index (χ2v) is 6.08. The molecule has 2 saturated heterocycles. The van der Waals surface area contributed by atoms with Gasteiger partial charge in [0.1, 0.15) is 5.15 Å². The zero-order valence-corrected chi connectivity index (χ0v) is 12.2. The molecular weight excluding hydrogens is 276 g/mol. The summed E-state index contributed by atoms with van der Waals surface area (Å²) in [5, 5.41) is 0.481. The van der Waals surface area contributed by atoms with Crippen molar-refractivity contribution in [2.24, 2.45) is 0 Å². The average Bonchev–Trinajstić information content (AvgIpc) is 2.86. The maximum Gasteiger partial charge on any atom is 0.222 e. The van der Waals surface area contributed by atoms with Crippen molar-refractivity contribution in [3.05, 3.63) is 29.0 Å². The average molecular weight is 295 g/mol. The fourth-order valence-electron chi connectivity index (χ4n) is 3.12. The van der Waals surface area contributed by atoms with Crippen molar-refractivity contribution in [1.29, 1.82) is 0 Å². The van der Waals surface area contributed by atoms with Crippen molar-refractivity contribution in [3.63, 3.8) is 0 Å². The summed E-state index contributed by atoms with van der Waals surface area (Å²) in [6.45, 7) is 2.22. The van der Waals surface area contributed by atoms with Gasteiger partial charge < -0.3 is 9.64 Å². The number of carbonyl (C=O) groups is 1. The minimum absolute atomic E-state index is 0.0390. The smallest absolute Gasteiger partial charge is 0.222 e. The molecule has 5 heteroatoms. The highest BCUT2D eigenvalue weighted by atomic mass is 35.5. The van der Waals surface area contributed by atoms with E-state index in [0.29, 0.717) is 18.1 Å². The van der Waals surface area contributed by atoms with Crippen LogP contribution in [0.4, 0.5) is 0 Å². The number of rotatable bonds is 2. The van der Waals surface area contributed by atoms with Crippen LogP contribution >= 0.6 is 11.6 Å². The molecule has 1 atom stereocenters. The lowest BCUT2D eigenvalue weighted by Crippen LogP contribution is -2.32. The Hall–Kier alpha value is -1.13. The number of ether oxygens (including phenoxy) is 1. The molecule has 2 fully saturated rings. The summed E-state index contributed by atoms with van der Waals surface area (Å²) in [6.07, 6.45) is 6.34. The first kappa shape index (κ1) is 13.8. The summed E-state index contributed by atoms with van der Waals surface area (Å²) >= 11 is 5.78. The van der Waals surface area contributed by atoms with Gasteiger partial charge in [-0.15, -0.1) is 0 Å². The molecule has 0 aromatic carbocycles. The molecule has 2 aliphatic rings. The van der Waals surface area contributed by atoms with E-state index in [9.17, 15) is 4.79 Å². The standard InChI is InChI=1S/C15H19ClN2O2/c16-13-3-2-12(10-17-13)11-18-8-7-15(5-1-9-20-15)6-4-14(18)19/h2-3,10H,1,4-9,11H2/t15-/m0/s1. The molecule has 4 nitrogen and oxygen atoms in total. The van der Waals surface area contributed by atoms with Crippen LogP contribution in [0.3, 0.4) is 0 Å². The largest absolute Gasteiger partial charge is 0.375 e. The van der Waals surface area contributed by atoms with Crippen molar-refractivity contribution >= 4 is 17.5 Å². The van der Waals surface area contributed by atoms with Crippen molar-refractivity contribution in [1.82, 2.24) is 9.88 Å². The van der Waals surface area contributed by atoms with E-state index >= 15 is 0 Å². The Kier molecular flexibility index (Phi) is 3.94. The predicted octanol–water partition coefficient (Wildman–Crippen LogP) is 2.80. The number of likely N-dealkylation sites (tertiary alicyclic amines) is 1. The monoisotopic (exact) mass is 294 g/mol. The van der Waals surface area contributed by atoms with Crippen LogP contribution in [0, 0.1) is 0 Å². The number of hydrogen-bond acceptors (Lipinski definition) is 3. The molecule has 0 unspecified atom stereocenters. The molecule has 0 bridgehead atoms. The summed E-state index contributed by atoms with van der Waals surface area (Å²) < 4.78 is 5.92. The lowest BCUT2D eigenvalue weighted by atomic mass is 9.92. The summed E-state index contributed by atoms with van der Waals surface area (Å²) in [6, 6.07) is 3.69. The van der Waals surface area contributed by atoms with Crippen molar-refractivity contribution in [2.45, 2.75) is 44.2 Å². The molecule has 1 aromatic rings. The summed E-state index contributed by atoms with van der Waals surface area (Å²) in [5.41, 5.74) is 0.980. The first-order valence-corrected chi connectivity index (χ1v) is 7.57. The van der Waals surface area contributed by atoms with Crippen molar-refractivity contribution in [2.75, 3.05) is 13.2 Å². The van der Waals surface area contributed by atoms with E-state index in [4.69, 9.17) is 16.3 Å². The van der Waals surface area contributed by atoms with Gasteiger partial charge in [0.15, 0.2) is 0 Å². The van der Waals surface area contributed by atoms with Crippen LogP contribution in [0.2, 0.25) is 5.15 Å². The van der Waals surface area contributed by atoms with Crippen LogP contribution < -0.4 is 0 Å². The number of nitrogens with zero attached hydrogens (tertiary/aromatic N) is 2. The SMILES string of the molecule is O=C1CC[C@@]2(CCCO2)CCN1Cc1ccc(Cl)nc1. The lowest BCUT2D eigenvalue weighted by molar-refractivity contribution is -0.131. The second-order valence-electron chi connectivity index (χ2n) is 5.69. The summed E-state index contributed by atoms with van der Waals surface area (Å²) in [5.74, 6) is 0.215. The van der Waals surface area contributed by atoms with Gasteiger partial charge in [0.2, 0.25) is 5.91 Å². The maximum absolute atomic E-state index is 12.2. The zero-order chi connectivity index (χ0) is 14.0. The van der Waals surface area contributed by atoms with Gasteiger partial charge >= 0.3 is 0 Å². The minimum atomic E-state index is -0.0390. The molecule has 1 amide bonds. The topological polar surface area (TPSA) is 42.4 Å². The van der Waals surface area contributed by atoms with Crippen molar-refractivity contribution < 1.29 is 9.53 Å². The third kappa shape index (κ3) is 2.96. The Labute approximate surface area is 124 Å². The van der Waals surface area contributed by atoms with E-state index in [1.165, 1.54) is 0 Å². The Bertz CT molecular complexity index is 483. The molecule has 2 aliphatic heterocycles. The molecule has 1 spiro atoms. The van der Waals surface area contributed by atoms with E-state index in [0.717, 1.165) is 44.4 Å². The Morgan fingerprint density at radius 3 is 2.95 bits per heavy atom. The van der Waals surface area contributed by atoms with E-state index in [2.05, 4.69) is 4.98 Å². The van der Waals surface area contributed by atoms with Gasteiger partial charge in [0.05, 0.1) is 5.60 Å². The van der Waals surface area contributed by atoms with Crippen LogP contribution in [0.25, 0.3) is 0 Å². The predicted molar refractivity (Wildman–Crippen MR) is 76.4 cm³/mol. The van der Waals surface area contributed by atoms with E-state index in [1.807, 2.05) is 11.0 Å². The summed E-state index contributed by atoms with van der Waals surface area (Å²) in [7, 11) is 0. The lowest BCUT2D eigenvalue weighted by Gasteiger charge is -2.26. The number of halogens is 1. The van der Waals surface area contributed by atoms with Crippen molar-refractivity contribution in [3.8, 4) is 0 Å². The Morgan fingerprint density at radius 1 is 1.35 bits per heavy atom. The first-order chi connectivity index (χ1) is 9.67. The molecule has 3 rings (SSSR count). The van der Waals surface area contributed by atoms with Gasteiger partial charge in [-0.25, -0.2) is 4.98 Å². The molecule has 0 saturated carbocycles. The molecular formula is C15H19ClN2O2. The Balaban J connectivity index is 1.67. The molecule has 108 valence electrons. The number of aromatic nitrogens is 1. The van der Waals surface area contributed by atoms with Gasteiger partial charge in [-0.05, 0) is 37.3 Å². The Morgan fingerprint density at radius 2 is 2.25 bits per heavy atom. The zero-order valence-electron chi connectivity index (χ0n) is 11.5. The fourth-order valence-corrected chi connectivity index (χ4v) is 3.23. The molecule has 0 N–H and O–H groups in total. The number of carbonyl (C=O) groups excluding carboxylic acids is 1. The third-order valence-electron chi connectivity index (χ3n) is 4.33. The highest BCUT2D eigenvalue weighted by Crippen LogP contribution is 2.36. The summed E-state index contributed by atoms with van der Waals surface area (Å²) in [4.78, 5) is 18.2. The van der Waals surface area contributed by atoms with E-state index < -0.39 is 0 Å². The molecule has 0 aliphatic carbocycles. The van der Waals surface area contributed by atoms with Gasteiger partial charge in [0.25, 0.3) is 0 Å². The van der Waals surface area contributed by atoms with Gasteiger partial charge in [-0.2, -0.15) is 0 Å². The minimum Gasteiger partial charge on any atom is -0.375 e. The van der Waals surface area contributed by atoms with Gasteiger partial charge in [-0.3, -0.25) is 4.79 Å². The highest BCUT2D eigenvalue weighted by Gasteiger charge is 2.38. The normalized spacial score (nSPS) is 27.1. The van der Waals surface area contributed by atoms with E-state index in [-0.39, 0.29) is 11.5 Å². The first-order valence-electron chi connectivity index (χ1n) is 7.19. The van der Waals surface area contributed by atoms with Crippen LogP contribution in [0.5, 0.6) is 0 Å². The van der Waals surface area contributed by atoms with Crippen LogP contribution in [-0.4, -0.2) is 34.5 Å². The second kappa shape index (κ2) is 5.70. The quantitative estimate of drug-likeness (QED) is 0.788. The highest BCUT2D eigenvalue weighted by molar-refractivity contribution is 6.29. The van der Waals surface area contributed by atoms with Crippen LogP contribution in [-0.2, 0) is 16.1 Å². The van der Waals surface area contributed by atoms with E-state index in [1.54, 1.807) is 12.3 Å². The maximum atomic E-state index is 12.2. The molecule has 0 radical (unpaired) electrons.